The molecule has 21 heavy (non-hydrogen) atoms. The lowest BCUT2D eigenvalue weighted by atomic mass is 10.2. The monoisotopic (exact) mass is 288 g/mol. The van der Waals surface area contributed by atoms with Gasteiger partial charge in [-0.05, 0) is 17.7 Å². The lowest BCUT2D eigenvalue weighted by molar-refractivity contribution is -0.145. The van der Waals surface area contributed by atoms with Crippen LogP contribution in [0.2, 0.25) is 0 Å². The van der Waals surface area contributed by atoms with E-state index in [-0.39, 0.29) is 6.54 Å². The van der Waals surface area contributed by atoms with E-state index in [0.717, 1.165) is 11.3 Å². The van der Waals surface area contributed by atoms with Crippen molar-refractivity contribution in [2.45, 2.75) is 6.54 Å². The highest BCUT2D eigenvalue weighted by Crippen LogP contribution is 2.10. The minimum absolute atomic E-state index is 0.282. The standard InChI is InChI=1S/C16H20N2O3/c1-4-10-18(11-5-2)16(20)15(19)17-12-13-6-8-14(21-3)9-7-13/h4-9H,1-2,10-12H2,3H3,(H,17,19). The van der Waals surface area contributed by atoms with Crippen molar-refractivity contribution in [3.63, 3.8) is 0 Å². The zero-order valence-corrected chi connectivity index (χ0v) is 12.2. The van der Waals surface area contributed by atoms with E-state index in [9.17, 15) is 9.59 Å². The minimum atomic E-state index is -0.644. The first-order valence-electron chi connectivity index (χ1n) is 6.54. The van der Waals surface area contributed by atoms with Crippen molar-refractivity contribution in [1.82, 2.24) is 10.2 Å². The number of rotatable bonds is 7. The van der Waals surface area contributed by atoms with Gasteiger partial charge in [0.2, 0.25) is 0 Å². The zero-order chi connectivity index (χ0) is 15.7. The molecule has 112 valence electrons. The average molecular weight is 288 g/mol. The number of hydrogen-bond donors (Lipinski definition) is 1. The fourth-order valence-corrected chi connectivity index (χ4v) is 1.70. The SMILES string of the molecule is C=CCN(CC=C)C(=O)C(=O)NCc1ccc(OC)cc1. The van der Waals surface area contributed by atoms with Gasteiger partial charge in [0.05, 0.1) is 7.11 Å². The summed E-state index contributed by atoms with van der Waals surface area (Å²) in [6.45, 7) is 8.02. The summed E-state index contributed by atoms with van der Waals surface area (Å²) >= 11 is 0. The third-order valence-electron chi connectivity index (χ3n) is 2.79. The second kappa shape index (κ2) is 8.58. The molecule has 0 saturated carbocycles. The number of benzene rings is 1. The van der Waals surface area contributed by atoms with Crippen LogP contribution in [-0.2, 0) is 16.1 Å². The quantitative estimate of drug-likeness (QED) is 0.611. The smallest absolute Gasteiger partial charge is 0.312 e. The summed E-state index contributed by atoms with van der Waals surface area (Å²) in [7, 11) is 1.59. The van der Waals surface area contributed by atoms with Gasteiger partial charge in [-0.3, -0.25) is 9.59 Å². The molecule has 0 bridgehead atoms. The van der Waals surface area contributed by atoms with Crippen molar-refractivity contribution in [1.29, 1.82) is 0 Å². The first-order chi connectivity index (χ1) is 10.1. The summed E-state index contributed by atoms with van der Waals surface area (Å²) in [6.07, 6.45) is 3.14. The third kappa shape index (κ3) is 5.14. The topological polar surface area (TPSA) is 58.6 Å². The van der Waals surface area contributed by atoms with Gasteiger partial charge in [0.15, 0.2) is 0 Å². The van der Waals surface area contributed by atoms with E-state index in [1.54, 1.807) is 31.4 Å². The Morgan fingerprint density at radius 1 is 1.19 bits per heavy atom. The molecule has 1 aromatic rings. The van der Waals surface area contributed by atoms with Gasteiger partial charge in [-0.1, -0.05) is 24.3 Å². The van der Waals surface area contributed by atoms with Crippen LogP contribution in [0.1, 0.15) is 5.56 Å². The predicted molar refractivity (Wildman–Crippen MR) is 81.8 cm³/mol. The number of nitrogens with one attached hydrogen (secondary N) is 1. The van der Waals surface area contributed by atoms with Crippen LogP contribution in [-0.4, -0.2) is 36.9 Å². The van der Waals surface area contributed by atoms with Gasteiger partial charge in [-0.2, -0.15) is 0 Å². The van der Waals surface area contributed by atoms with Crippen LogP contribution in [0, 0.1) is 0 Å². The van der Waals surface area contributed by atoms with E-state index < -0.39 is 11.8 Å². The minimum Gasteiger partial charge on any atom is -0.497 e. The van der Waals surface area contributed by atoms with Crippen molar-refractivity contribution in [2.24, 2.45) is 0 Å². The predicted octanol–water partition coefficient (Wildman–Crippen LogP) is 1.51. The molecule has 0 heterocycles. The fraction of sp³-hybridized carbons (Fsp3) is 0.250. The first-order valence-corrected chi connectivity index (χ1v) is 6.54. The third-order valence-corrected chi connectivity index (χ3v) is 2.79. The lowest BCUT2D eigenvalue weighted by Crippen LogP contribution is -2.42. The Morgan fingerprint density at radius 3 is 2.24 bits per heavy atom. The largest absolute Gasteiger partial charge is 0.497 e. The summed E-state index contributed by atoms with van der Waals surface area (Å²) in [5, 5.41) is 2.59. The Labute approximate surface area is 124 Å². The van der Waals surface area contributed by atoms with Crippen molar-refractivity contribution < 1.29 is 14.3 Å². The fourth-order valence-electron chi connectivity index (χ4n) is 1.70. The van der Waals surface area contributed by atoms with Crippen LogP contribution in [0.5, 0.6) is 5.75 Å². The Balaban J connectivity index is 2.56. The molecule has 5 nitrogen and oxygen atoms in total. The Bertz CT molecular complexity index is 499. The molecule has 0 unspecified atom stereocenters. The summed E-state index contributed by atoms with van der Waals surface area (Å²) < 4.78 is 5.05. The molecule has 0 aliphatic rings. The molecule has 0 aliphatic carbocycles. The van der Waals surface area contributed by atoms with Crippen molar-refractivity contribution in [3.8, 4) is 5.75 Å². The van der Waals surface area contributed by atoms with Crippen LogP contribution >= 0.6 is 0 Å². The summed E-state index contributed by atoms with van der Waals surface area (Å²) in [5.41, 5.74) is 0.885. The maximum absolute atomic E-state index is 11.9. The van der Waals surface area contributed by atoms with Crippen molar-refractivity contribution in [3.05, 3.63) is 55.1 Å². The van der Waals surface area contributed by atoms with Gasteiger partial charge in [0.1, 0.15) is 5.75 Å². The molecular weight excluding hydrogens is 268 g/mol. The van der Waals surface area contributed by atoms with Gasteiger partial charge in [-0.25, -0.2) is 0 Å². The van der Waals surface area contributed by atoms with E-state index in [1.807, 2.05) is 12.1 Å². The molecule has 0 atom stereocenters. The van der Waals surface area contributed by atoms with E-state index in [4.69, 9.17) is 4.74 Å². The Kier molecular flexibility index (Phi) is 6.74. The molecule has 0 aromatic heterocycles. The number of methoxy groups -OCH3 is 1. The van der Waals surface area contributed by atoms with Crippen LogP contribution in [0.4, 0.5) is 0 Å². The maximum Gasteiger partial charge on any atom is 0.312 e. The van der Waals surface area contributed by atoms with Crippen LogP contribution < -0.4 is 10.1 Å². The van der Waals surface area contributed by atoms with Gasteiger partial charge in [0.25, 0.3) is 0 Å². The van der Waals surface area contributed by atoms with Crippen molar-refractivity contribution >= 4 is 11.8 Å². The van der Waals surface area contributed by atoms with Crippen LogP contribution in [0.25, 0.3) is 0 Å². The number of carbonyl (C=O) groups excluding carboxylic acids is 2. The van der Waals surface area contributed by atoms with E-state index in [1.165, 1.54) is 4.90 Å². The van der Waals surface area contributed by atoms with Crippen LogP contribution in [0.15, 0.2) is 49.6 Å². The first kappa shape index (κ1) is 16.5. The van der Waals surface area contributed by atoms with Crippen LogP contribution in [0.3, 0.4) is 0 Å². The Morgan fingerprint density at radius 2 is 1.76 bits per heavy atom. The molecule has 0 fully saturated rings. The molecule has 0 radical (unpaired) electrons. The molecule has 2 amide bonds. The molecule has 0 saturated heterocycles. The van der Waals surface area contributed by atoms with E-state index in [0.29, 0.717) is 13.1 Å². The molecular formula is C16H20N2O3. The molecule has 0 aliphatic heterocycles. The molecule has 1 N–H and O–H groups in total. The Hall–Kier alpha value is -2.56. The molecule has 0 spiro atoms. The van der Waals surface area contributed by atoms with E-state index >= 15 is 0 Å². The second-order valence-corrected chi connectivity index (χ2v) is 4.32. The van der Waals surface area contributed by atoms with Gasteiger partial charge >= 0.3 is 11.8 Å². The number of nitrogens with zero attached hydrogens (tertiary/aromatic N) is 1. The number of amides is 2. The summed E-state index contributed by atoms with van der Waals surface area (Å²) in [4.78, 5) is 25.1. The number of carbonyl (C=O) groups is 2. The lowest BCUT2D eigenvalue weighted by Gasteiger charge is -2.18. The van der Waals surface area contributed by atoms with Crippen molar-refractivity contribution in [2.75, 3.05) is 20.2 Å². The molecule has 1 aromatic carbocycles. The van der Waals surface area contributed by atoms with Gasteiger partial charge in [0, 0.05) is 19.6 Å². The van der Waals surface area contributed by atoms with Gasteiger partial charge < -0.3 is 15.0 Å². The zero-order valence-electron chi connectivity index (χ0n) is 12.2. The molecule has 1 rings (SSSR count). The van der Waals surface area contributed by atoms with E-state index in [2.05, 4.69) is 18.5 Å². The number of ether oxygens (including phenoxy) is 1. The van der Waals surface area contributed by atoms with Gasteiger partial charge in [-0.15, -0.1) is 13.2 Å². The second-order valence-electron chi connectivity index (χ2n) is 4.32. The maximum atomic E-state index is 11.9. The summed E-state index contributed by atoms with van der Waals surface area (Å²) in [5.74, 6) is -0.498. The number of hydrogen-bond acceptors (Lipinski definition) is 3. The normalized spacial score (nSPS) is 9.57. The molecule has 5 heteroatoms. The highest BCUT2D eigenvalue weighted by Gasteiger charge is 2.19. The highest BCUT2D eigenvalue weighted by molar-refractivity contribution is 6.35. The summed E-state index contributed by atoms with van der Waals surface area (Å²) in [6, 6.07) is 7.25. The highest BCUT2D eigenvalue weighted by atomic mass is 16.5. The average Bonchev–Trinajstić information content (AvgIpc) is 2.52.